The summed E-state index contributed by atoms with van der Waals surface area (Å²) in [6, 6.07) is 2.15. The van der Waals surface area contributed by atoms with Crippen LogP contribution >= 0.6 is 27.3 Å². The number of halogens is 1. The van der Waals surface area contributed by atoms with Crippen molar-refractivity contribution in [2.75, 3.05) is 6.54 Å². The molecule has 1 aromatic heterocycles. The summed E-state index contributed by atoms with van der Waals surface area (Å²) in [5.41, 5.74) is 5.36. The summed E-state index contributed by atoms with van der Waals surface area (Å²) in [6.07, 6.45) is 6.31. The normalized spacial score (nSPS) is 11.2. The quantitative estimate of drug-likeness (QED) is 0.812. The lowest BCUT2D eigenvalue weighted by Crippen LogP contribution is -1.95. The highest BCUT2D eigenvalue weighted by Gasteiger charge is 1.93. The van der Waals surface area contributed by atoms with Crippen LogP contribution in [-0.2, 0) is 6.42 Å². The Bertz CT molecular complexity index is 255. The Morgan fingerprint density at radius 3 is 2.92 bits per heavy atom. The van der Waals surface area contributed by atoms with Gasteiger partial charge in [0.2, 0.25) is 0 Å². The molecular weight excluding hydrogens is 234 g/mol. The van der Waals surface area contributed by atoms with Gasteiger partial charge in [0.15, 0.2) is 0 Å². The van der Waals surface area contributed by atoms with Crippen LogP contribution in [0.3, 0.4) is 0 Å². The van der Waals surface area contributed by atoms with Crippen LogP contribution in [0.1, 0.15) is 11.3 Å². The molecule has 66 valence electrons. The van der Waals surface area contributed by atoms with E-state index in [9.17, 15) is 0 Å². The van der Waals surface area contributed by atoms with Crippen molar-refractivity contribution in [2.24, 2.45) is 5.73 Å². The van der Waals surface area contributed by atoms with Crippen LogP contribution in [0.5, 0.6) is 0 Å². The number of thiophene rings is 1. The predicted octanol–water partition coefficient (Wildman–Crippen LogP) is 2.96. The SMILES string of the molecule is NCCC=CCc1cc(Br)cs1. The van der Waals surface area contributed by atoms with Gasteiger partial charge in [-0.15, -0.1) is 11.3 Å². The van der Waals surface area contributed by atoms with Gasteiger partial charge in [0.25, 0.3) is 0 Å². The van der Waals surface area contributed by atoms with Crippen LogP contribution in [0, 0.1) is 0 Å². The molecular formula is C9H12BrNS. The van der Waals surface area contributed by atoms with E-state index in [1.54, 1.807) is 11.3 Å². The minimum absolute atomic E-state index is 0.741. The van der Waals surface area contributed by atoms with E-state index in [-0.39, 0.29) is 0 Å². The van der Waals surface area contributed by atoms with Crippen molar-refractivity contribution in [1.29, 1.82) is 0 Å². The summed E-state index contributed by atoms with van der Waals surface area (Å²) >= 11 is 5.20. The lowest BCUT2D eigenvalue weighted by Gasteiger charge is -1.87. The molecule has 3 heteroatoms. The molecule has 1 nitrogen and oxygen atoms in total. The lowest BCUT2D eigenvalue weighted by molar-refractivity contribution is 1.00. The van der Waals surface area contributed by atoms with Gasteiger partial charge in [0.1, 0.15) is 0 Å². The van der Waals surface area contributed by atoms with E-state index in [4.69, 9.17) is 5.73 Å². The largest absolute Gasteiger partial charge is 0.330 e. The predicted molar refractivity (Wildman–Crippen MR) is 58.5 cm³/mol. The maximum atomic E-state index is 5.36. The van der Waals surface area contributed by atoms with Crippen LogP contribution in [0.25, 0.3) is 0 Å². The molecule has 0 bridgehead atoms. The molecule has 0 saturated heterocycles. The molecule has 0 aliphatic rings. The fourth-order valence-corrected chi connectivity index (χ4v) is 2.30. The van der Waals surface area contributed by atoms with Crippen LogP contribution < -0.4 is 5.73 Å². The zero-order valence-corrected chi connectivity index (χ0v) is 9.20. The molecule has 0 fully saturated rings. The second-order valence-electron chi connectivity index (χ2n) is 2.48. The van der Waals surface area contributed by atoms with E-state index >= 15 is 0 Å². The van der Waals surface area contributed by atoms with E-state index < -0.39 is 0 Å². The Morgan fingerprint density at radius 2 is 2.33 bits per heavy atom. The smallest absolute Gasteiger partial charge is 0.0285 e. The second kappa shape index (κ2) is 5.51. The summed E-state index contributed by atoms with van der Waals surface area (Å²) < 4.78 is 1.18. The van der Waals surface area contributed by atoms with Gasteiger partial charge >= 0.3 is 0 Å². The van der Waals surface area contributed by atoms with Crippen molar-refractivity contribution in [1.82, 2.24) is 0 Å². The number of hydrogen-bond acceptors (Lipinski definition) is 2. The van der Waals surface area contributed by atoms with Gasteiger partial charge in [0, 0.05) is 14.7 Å². The molecule has 0 aliphatic carbocycles. The van der Waals surface area contributed by atoms with Crippen molar-refractivity contribution < 1.29 is 0 Å². The molecule has 0 aromatic carbocycles. The molecule has 1 rings (SSSR count). The number of nitrogens with two attached hydrogens (primary N) is 1. The number of rotatable bonds is 4. The average molecular weight is 246 g/mol. The molecule has 1 aromatic rings. The monoisotopic (exact) mass is 245 g/mol. The average Bonchev–Trinajstić information content (AvgIpc) is 2.45. The van der Waals surface area contributed by atoms with Gasteiger partial charge in [0.05, 0.1) is 0 Å². The van der Waals surface area contributed by atoms with Crippen molar-refractivity contribution >= 4 is 27.3 Å². The first kappa shape index (κ1) is 9.96. The molecule has 1 heterocycles. The molecule has 0 radical (unpaired) electrons. The van der Waals surface area contributed by atoms with E-state index in [1.807, 2.05) is 0 Å². The Morgan fingerprint density at radius 1 is 1.50 bits per heavy atom. The zero-order chi connectivity index (χ0) is 8.81. The van der Waals surface area contributed by atoms with E-state index in [1.165, 1.54) is 9.35 Å². The van der Waals surface area contributed by atoms with Crippen molar-refractivity contribution in [3.8, 4) is 0 Å². The number of hydrogen-bond donors (Lipinski definition) is 1. The van der Waals surface area contributed by atoms with Crippen LogP contribution in [0.4, 0.5) is 0 Å². The fraction of sp³-hybridized carbons (Fsp3) is 0.333. The lowest BCUT2D eigenvalue weighted by atomic mass is 10.3. The van der Waals surface area contributed by atoms with E-state index in [0.717, 1.165) is 19.4 Å². The fourth-order valence-electron chi connectivity index (χ4n) is 0.874. The highest BCUT2D eigenvalue weighted by atomic mass is 79.9. The minimum atomic E-state index is 0.741. The Labute approximate surface area is 85.4 Å². The summed E-state index contributed by atoms with van der Waals surface area (Å²) in [5, 5.41) is 2.10. The third-order valence-corrected chi connectivity index (χ3v) is 3.16. The first-order valence-electron chi connectivity index (χ1n) is 3.91. The summed E-state index contributed by atoms with van der Waals surface area (Å²) in [5.74, 6) is 0. The number of allylic oxidation sites excluding steroid dienone is 1. The van der Waals surface area contributed by atoms with Gasteiger partial charge in [-0.25, -0.2) is 0 Å². The first-order valence-corrected chi connectivity index (χ1v) is 5.58. The second-order valence-corrected chi connectivity index (χ2v) is 4.40. The zero-order valence-electron chi connectivity index (χ0n) is 6.79. The van der Waals surface area contributed by atoms with Crippen LogP contribution in [0.15, 0.2) is 28.1 Å². The van der Waals surface area contributed by atoms with Crippen molar-refractivity contribution in [3.05, 3.63) is 32.9 Å². The minimum Gasteiger partial charge on any atom is -0.330 e. The molecule has 0 amide bonds. The molecule has 2 N–H and O–H groups in total. The van der Waals surface area contributed by atoms with Gasteiger partial charge in [-0.1, -0.05) is 12.2 Å². The maximum absolute atomic E-state index is 5.36. The van der Waals surface area contributed by atoms with Crippen LogP contribution in [-0.4, -0.2) is 6.54 Å². The summed E-state index contributed by atoms with van der Waals surface area (Å²) in [7, 11) is 0. The third-order valence-electron chi connectivity index (χ3n) is 1.44. The highest BCUT2D eigenvalue weighted by Crippen LogP contribution is 2.20. The molecule has 12 heavy (non-hydrogen) atoms. The third kappa shape index (κ3) is 3.52. The first-order chi connectivity index (χ1) is 5.83. The molecule has 0 saturated carbocycles. The molecule has 0 unspecified atom stereocenters. The Balaban J connectivity index is 2.33. The van der Waals surface area contributed by atoms with Crippen molar-refractivity contribution in [3.63, 3.8) is 0 Å². The molecule has 0 spiro atoms. The Hall–Kier alpha value is -0.120. The van der Waals surface area contributed by atoms with Crippen molar-refractivity contribution in [2.45, 2.75) is 12.8 Å². The van der Waals surface area contributed by atoms with Gasteiger partial charge in [-0.2, -0.15) is 0 Å². The highest BCUT2D eigenvalue weighted by molar-refractivity contribution is 9.10. The van der Waals surface area contributed by atoms with E-state index in [2.05, 4.69) is 39.5 Å². The van der Waals surface area contributed by atoms with Gasteiger partial charge in [-0.05, 0) is 41.4 Å². The Kier molecular flexibility index (Phi) is 4.58. The van der Waals surface area contributed by atoms with Gasteiger partial charge in [-0.3, -0.25) is 0 Å². The van der Waals surface area contributed by atoms with Crippen LogP contribution in [0.2, 0.25) is 0 Å². The summed E-state index contributed by atoms with van der Waals surface area (Å²) in [4.78, 5) is 1.38. The summed E-state index contributed by atoms with van der Waals surface area (Å²) in [6.45, 7) is 0.741. The van der Waals surface area contributed by atoms with Gasteiger partial charge < -0.3 is 5.73 Å². The molecule has 0 atom stereocenters. The topological polar surface area (TPSA) is 26.0 Å². The maximum Gasteiger partial charge on any atom is 0.0285 e. The van der Waals surface area contributed by atoms with E-state index in [0.29, 0.717) is 0 Å². The standard InChI is InChI=1S/C9H12BrNS/c10-8-6-9(12-7-8)4-2-1-3-5-11/h1-2,6-7H,3-5,11H2. The molecule has 0 aliphatic heterocycles.